The number of carbonyl (C=O) groups is 1. The van der Waals surface area contributed by atoms with Crippen molar-refractivity contribution in [3.05, 3.63) is 65.7 Å². The van der Waals surface area contributed by atoms with E-state index in [1.165, 1.54) is 5.56 Å². The largest absolute Gasteiger partial charge is 0.497 e. The minimum absolute atomic E-state index is 0.115. The third kappa shape index (κ3) is 6.39. The highest BCUT2D eigenvalue weighted by molar-refractivity contribution is 5.96. The van der Waals surface area contributed by atoms with E-state index in [4.69, 9.17) is 9.47 Å². The van der Waals surface area contributed by atoms with E-state index >= 15 is 0 Å². The van der Waals surface area contributed by atoms with Gasteiger partial charge in [0.05, 0.1) is 13.2 Å². The molecule has 29 heavy (non-hydrogen) atoms. The maximum atomic E-state index is 12.4. The van der Waals surface area contributed by atoms with Gasteiger partial charge in [-0.05, 0) is 36.8 Å². The zero-order valence-corrected chi connectivity index (χ0v) is 17.5. The molecular formula is C24H32N2O3. The molecule has 5 nitrogen and oxygen atoms in total. The molecule has 1 heterocycles. The van der Waals surface area contributed by atoms with Crippen LogP contribution in [0.1, 0.15) is 35.4 Å². The van der Waals surface area contributed by atoms with Gasteiger partial charge in [-0.3, -0.25) is 9.69 Å². The zero-order chi connectivity index (χ0) is 20.5. The van der Waals surface area contributed by atoms with Crippen LogP contribution in [-0.4, -0.2) is 68.6 Å². The molecule has 1 unspecified atom stereocenters. The fourth-order valence-corrected chi connectivity index (χ4v) is 3.73. The molecule has 5 heteroatoms. The van der Waals surface area contributed by atoms with Crippen molar-refractivity contribution in [2.75, 3.05) is 53.0 Å². The Kier molecular flexibility index (Phi) is 8.23. The van der Waals surface area contributed by atoms with Crippen molar-refractivity contribution in [2.24, 2.45) is 0 Å². The summed E-state index contributed by atoms with van der Waals surface area (Å²) in [5.74, 6) is 0.967. The summed E-state index contributed by atoms with van der Waals surface area (Å²) in [5, 5.41) is 0. The van der Waals surface area contributed by atoms with E-state index in [1.807, 2.05) is 37.3 Å². The smallest absolute Gasteiger partial charge is 0.164 e. The Morgan fingerprint density at radius 1 is 0.966 bits per heavy atom. The molecule has 0 saturated carbocycles. The Hall–Kier alpha value is -2.21. The fraction of sp³-hybridized carbons (Fsp3) is 0.458. The molecule has 1 fully saturated rings. The summed E-state index contributed by atoms with van der Waals surface area (Å²) in [7, 11) is 1.63. The molecule has 0 aromatic heterocycles. The minimum Gasteiger partial charge on any atom is -0.497 e. The molecule has 1 aliphatic heterocycles. The quantitative estimate of drug-likeness (QED) is 0.573. The van der Waals surface area contributed by atoms with Gasteiger partial charge >= 0.3 is 0 Å². The first-order valence-corrected chi connectivity index (χ1v) is 10.5. The number of hydrogen-bond acceptors (Lipinski definition) is 5. The standard InChI is InChI=1S/C24H32N2O3/c1-3-29-24(21-7-5-4-6-8-21)19-26-17-15-25(16-18-26)14-13-23(27)20-9-11-22(28-2)12-10-20/h4-12,24H,3,13-19H2,1-2H3. The summed E-state index contributed by atoms with van der Waals surface area (Å²) in [6, 6.07) is 17.8. The number of Topliss-reactive ketones (excluding diaryl/α,β-unsaturated/α-hetero) is 1. The Bertz CT molecular complexity index is 740. The SMILES string of the molecule is CCOC(CN1CCN(CCC(=O)c2ccc(OC)cc2)CC1)c1ccccc1. The number of ether oxygens (including phenoxy) is 2. The van der Waals surface area contributed by atoms with Gasteiger partial charge in [0, 0.05) is 57.9 Å². The number of rotatable bonds is 10. The molecule has 1 aliphatic rings. The highest BCUT2D eigenvalue weighted by atomic mass is 16.5. The van der Waals surface area contributed by atoms with Gasteiger partial charge in [-0.1, -0.05) is 30.3 Å². The number of nitrogens with zero attached hydrogens (tertiary/aromatic N) is 2. The number of hydrogen-bond donors (Lipinski definition) is 0. The number of ketones is 1. The highest BCUT2D eigenvalue weighted by Crippen LogP contribution is 2.20. The normalized spacial score (nSPS) is 16.5. The predicted molar refractivity (Wildman–Crippen MR) is 116 cm³/mol. The van der Waals surface area contributed by atoms with Crippen molar-refractivity contribution >= 4 is 5.78 Å². The van der Waals surface area contributed by atoms with Crippen LogP contribution in [0.15, 0.2) is 54.6 Å². The second-order valence-corrected chi connectivity index (χ2v) is 7.40. The van der Waals surface area contributed by atoms with Crippen LogP contribution in [0.4, 0.5) is 0 Å². The lowest BCUT2D eigenvalue weighted by Gasteiger charge is -2.36. The molecule has 0 bridgehead atoms. The van der Waals surface area contributed by atoms with Gasteiger partial charge in [0.2, 0.25) is 0 Å². The lowest BCUT2D eigenvalue weighted by molar-refractivity contribution is 0.0183. The lowest BCUT2D eigenvalue weighted by Crippen LogP contribution is -2.48. The van der Waals surface area contributed by atoms with E-state index in [-0.39, 0.29) is 11.9 Å². The van der Waals surface area contributed by atoms with Crippen LogP contribution in [0.3, 0.4) is 0 Å². The summed E-state index contributed by atoms with van der Waals surface area (Å²) in [5.41, 5.74) is 1.99. The molecule has 2 aromatic carbocycles. The molecule has 0 radical (unpaired) electrons. The summed E-state index contributed by atoms with van der Waals surface area (Å²) in [4.78, 5) is 17.3. The summed E-state index contributed by atoms with van der Waals surface area (Å²) >= 11 is 0. The Morgan fingerprint density at radius 3 is 2.24 bits per heavy atom. The van der Waals surface area contributed by atoms with Crippen LogP contribution >= 0.6 is 0 Å². The van der Waals surface area contributed by atoms with Crippen LogP contribution in [0.25, 0.3) is 0 Å². The molecule has 0 N–H and O–H groups in total. The van der Waals surface area contributed by atoms with E-state index in [0.29, 0.717) is 13.0 Å². The molecule has 0 aliphatic carbocycles. The Labute approximate surface area is 174 Å². The third-order valence-corrected chi connectivity index (χ3v) is 5.50. The Balaban J connectivity index is 1.43. The molecule has 3 rings (SSSR count). The zero-order valence-electron chi connectivity index (χ0n) is 17.5. The van der Waals surface area contributed by atoms with Crippen molar-refractivity contribution in [3.63, 3.8) is 0 Å². The lowest BCUT2D eigenvalue weighted by atomic mass is 10.1. The summed E-state index contributed by atoms with van der Waals surface area (Å²) in [6.07, 6.45) is 0.669. The van der Waals surface area contributed by atoms with Gasteiger partial charge in [-0.25, -0.2) is 0 Å². The van der Waals surface area contributed by atoms with E-state index < -0.39 is 0 Å². The van der Waals surface area contributed by atoms with Crippen LogP contribution in [0, 0.1) is 0 Å². The van der Waals surface area contributed by atoms with Gasteiger partial charge in [-0.15, -0.1) is 0 Å². The first-order chi connectivity index (χ1) is 14.2. The molecule has 1 atom stereocenters. The second kappa shape index (κ2) is 11.1. The van der Waals surface area contributed by atoms with Gasteiger partial charge < -0.3 is 14.4 Å². The van der Waals surface area contributed by atoms with Gasteiger partial charge in [-0.2, -0.15) is 0 Å². The van der Waals surface area contributed by atoms with E-state index in [0.717, 1.165) is 50.6 Å². The summed E-state index contributed by atoms with van der Waals surface area (Å²) in [6.45, 7) is 8.48. The van der Waals surface area contributed by atoms with Crippen LogP contribution in [0.5, 0.6) is 5.75 Å². The molecular weight excluding hydrogens is 364 g/mol. The van der Waals surface area contributed by atoms with Gasteiger partial charge in [0.15, 0.2) is 5.78 Å². The average Bonchev–Trinajstić information content (AvgIpc) is 2.78. The number of carbonyl (C=O) groups excluding carboxylic acids is 1. The van der Waals surface area contributed by atoms with E-state index in [2.05, 4.69) is 34.1 Å². The van der Waals surface area contributed by atoms with Crippen molar-refractivity contribution in [1.29, 1.82) is 0 Å². The molecule has 0 spiro atoms. The maximum Gasteiger partial charge on any atom is 0.164 e. The maximum absolute atomic E-state index is 12.4. The second-order valence-electron chi connectivity index (χ2n) is 7.40. The van der Waals surface area contributed by atoms with Crippen LogP contribution in [-0.2, 0) is 4.74 Å². The van der Waals surface area contributed by atoms with Crippen LogP contribution in [0.2, 0.25) is 0 Å². The van der Waals surface area contributed by atoms with Crippen molar-refractivity contribution < 1.29 is 14.3 Å². The molecule has 156 valence electrons. The van der Waals surface area contributed by atoms with Crippen molar-refractivity contribution in [1.82, 2.24) is 9.80 Å². The monoisotopic (exact) mass is 396 g/mol. The fourth-order valence-electron chi connectivity index (χ4n) is 3.73. The van der Waals surface area contributed by atoms with Crippen molar-refractivity contribution in [3.8, 4) is 5.75 Å². The highest BCUT2D eigenvalue weighted by Gasteiger charge is 2.21. The number of piperazine rings is 1. The van der Waals surface area contributed by atoms with Gasteiger partial charge in [0.1, 0.15) is 5.75 Å². The first kappa shape index (κ1) is 21.5. The molecule has 2 aromatic rings. The minimum atomic E-state index is 0.115. The average molecular weight is 397 g/mol. The van der Waals surface area contributed by atoms with Crippen LogP contribution < -0.4 is 4.74 Å². The number of methoxy groups -OCH3 is 1. The first-order valence-electron chi connectivity index (χ1n) is 10.5. The summed E-state index contributed by atoms with van der Waals surface area (Å²) < 4.78 is 11.1. The Morgan fingerprint density at radius 2 is 1.62 bits per heavy atom. The van der Waals surface area contributed by atoms with Crippen molar-refractivity contribution in [2.45, 2.75) is 19.4 Å². The topological polar surface area (TPSA) is 42.0 Å². The van der Waals surface area contributed by atoms with E-state index in [9.17, 15) is 4.79 Å². The van der Waals surface area contributed by atoms with Gasteiger partial charge in [0.25, 0.3) is 0 Å². The van der Waals surface area contributed by atoms with E-state index in [1.54, 1.807) is 7.11 Å². The third-order valence-electron chi connectivity index (χ3n) is 5.50. The molecule has 1 saturated heterocycles. The predicted octanol–water partition coefficient (Wildman–Crippen LogP) is 3.66. The molecule has 0 amide bonds. The number of benzene rings is 2.